The third kappa shape index (κ3) is 2.57. The maximum Gasteiger partial charge on any atom is 0.320 e. The summed E-state index contributed by atoms with van der Waals surface area (Å²) in [5.74, 6) is 0. The van der Waals surface area contributed by atoms with E-state index in [2.05, 4.69) is 0 Å². The van der Waals surface area contributed by atoms with E-state index in [9.17, 15) is 4.79 Å². The van der Waals surface area contributed by atoms with E-state index in [0.717, 1.165) is 6.54 Å². The van der Waals surface area contributed by atoms with Gasteiger partial charge in [-0.25, -0.2) is 4.79 Å². The minimum absolute atomic E-state index is 0.00565. The normalized spacial score (nSPS) is 17.2. The number of aliphatic hydroxyl groups excluding tert-OH is 1. The van der Waals surface area contributed by atoms with Crippen molar-refractivity contribution in [2.75, 3.05) is 46.5 Å². The van der Waals surface area contributed by atoms with Crippen LogP contribution in [0.5, 0.6) is 0 Å². The molecule has 0 saturated carbocycles. The van der Waals surface area contributed by atoms with E-state index in [-0.39, 0.29) is 12.6 Å². The van der Waals surface area contributed by atoms with Crippen LogP contribution in [0.2, 0.25) is 0 Å². The second-order valence-electron chi connectivity index (χ2n) is 2.97. The summed E-state index contributed by atoms with van der Waals surface area (Å²) in [6, 6.07) is 0.00565. The molecule has 1 aliphatic heterocycles. The molecule has 5 nitrogen and oxygen atoms in total. The minimum atomic E-state index is 0.00565. The Morgan fingerprint density at radius 2 is 2.00 bits per heavy atom. The van der Waals surface area contributed by atoms with Gasteiger partial charge in [0, 0.05) is 33.3 Å². The molecule has 1 N–H and O–H groups in total. The summed E-state index contributed by atoms with van der Waals surface area (Å²) in [6.45, 7) is 3.12. The first-order chi connectivity index (χ1) is 6.29. The summed E-state index contributed by atoms with van der Waals surface area (Å²) in [6.07, 6.45) is 0. The van der Waals surface area contributed by atoms with Crippen LogP contribution < -0.4 is 0 Å². The molecule has 0 aromatic rings. The van der Waals surface area contributed by atoms with Gasteiger partial charge in [0.1, 0.15) is 0 Å². The smallest absolute Gasteiger partial charge is 0.320 e. The highest BCUT2D eigenvalue weighted by Gasteiger charge is 2.26. The van der Waals surface area contributed by atoms with E-state index < -0.39 is 0 Å². The molecule has 13 heavy (non-hydrogen) atoms. The van der Waals surface area contributed by atoms with E-state index in [1.165, 1.54) is 0 Å². The topological polar surface area (TPSA) is 53.0 Å². The number of amides is 2. The van der Waals surface area contributed by atoms with Crippen LogP contribution in [0.15, 0.2) is 0 Å². The molecule has 0 bridgehead atoms. The Labute approximate surface area is 77.9 Å². The van der Waals surface area contributed by atoms with Crippen molar-refractivity contribution in [3.05, 3.63) is 0 Å². The number of nitrogens with zero attached hydrogens (tertiary/aromatic N) is 2. The van der Waals surface area contributed by atoms with Crippen molar-refractivity contribution in [2.45, 2.75) is 0 Å². The molecule has 1 rings (SSSR count). The lowest BCUT2D eigenvalue weighted by atomic mass is 10.5. The second kappa shape index (κ2) is 5.04. The Kier molecular flexibility index (Phi) is 3.98. The zero-order chi connectivity index (χ0) is 9.68. The lowest BCUT2D eigenvalue weighted by molar-refractivity contribution is 0.151. The fourth-order valence-corrected chi connectivity index (χ4v) is 1.37. The van der Waals surface area contributed by atoms with Crippen molar-refractivity contribution >= 4 is 6.03 Å². The Hall–Kier alpha value is -0.810. The average molecular weight is 188 g/mol. The highest BCUT2D eigenvalue weighted by Crippen LogP contribution is 2.06. The van der Waals surface area contributed by atoms with E-state index in [1.54, 1.807) is 16.9 Å². The molecular formula is C8H16N2O3. The Balaban J connectivity index is 2.32. The molecule has 1 fully saturated rings. The summed E-state index contributed by atoms with van der Waals surface area (Å²) >= 11 is 0. The van der Waals surface area contributed by atoms with E-state index >= 15 is 0 Å². The van der Waals surface area contributed by atoms with E-state index in [1.807, 2.05) is 0 Å². The summed E-state index contributed by atoms with van der Waals surface area (Å²) in [4.78, 5) is 14.9. The number of β-amino-alcohol motifs (C(OH)–C–C–N with tert-alkyl or cyclic N) is 1. The predicted octanol–water partition coefficient (Wildman–Crippen LogP) is -0.637. The summed E-state index contributed by atoms with van der Waals surface area (Å²) in [7, 11) is 1.62. The molecular weight excluding hydrogens is 172 g/mol. The van der Waals surface area contributed by atoms with Gasteiger partial charge in [0.05, 0.1) is 13.2 Å². The quantitative estimate of drug-likeness (QED) is 0.624. The molecule has 0 radical (unpaired) electrons. The van der Waals surface area contributed by atoms with Crippen molar-refractivity contribution < 1.29 is 14.6 Å². The van der Waals surface area contributed by atoms with Crippen LogP contribution in [0.4, 0.5) is 4.79 Å². The number of urea groups is 1. The monoisotopic (exact) mass is 188 g/mol. The number of ether oxygens (including phenoxy) is 1. The average Bonchev–Trinajstić information content (AvgIpc) is 2.46. The summed E-state index contributed by atoms with van der Waals surface area (Å²) in [5.41, 5.74) is 0. The highest BCUT2D eigenvalue weighted by molar-refractivity contribution is 5.76. The SMILES string of the molecule is COCCN1CCN(CCO)C1=O. The first-order valence-electron chi connectivity index (χ1n) is 4.43. The molecule has 2 amide bonds. The first-order valence-corrected chi connectivity index (χ1v) is 4.43. The van der Waals surface area contributed by atoms with Crippen LogP contribution in [0.25, 0.3) is 0 Å². The molecule has 0 aromatic carbocycles. The number of carbonyl (C=O) groups excluding carboxylic acids is 1. The molecule has 0 atom stereocenters. The van der Waals surface area contributed by atoms with Gasteiger partial charge in [-0.05, 0) is 0 Å². The number of hydrogen-bond donors (Lipinski definition) is 1. The van der Waals surface area contributed by atoms with Crippen LogP contribution in [0.3, 0.4) is 0 Å². The van der Waals surface area contributed by atoms with Gasteiger partial charge in [-0.1, -0.05) is 0 Å². The molecule has 5 heteroatoms. The van der Waals surface area contributed by atoms with Crippen LogP contribution in [0.1, 0.15) is 0 Å². The third-order valence-corrected chi connectivity index (χ3v) is 2.12. The second-order valence-corrected chi connectivity index (χ2v) is 2.97. The van der Waals surface area contributed by atoms with Gasteiger partial charge in [-0.2, -0.15) is 0 Å². The molecule has 0 aromatic heterocycles. The predicted molar refractivity (Wildman–Crippen MR) is 47.5 cm³/mol. The maximum absolute atomic E-state index is 11.5. The molecule has 1 aliphatic rings. The molecule has 76 valence electrons. The van der Waals surface area contributed by atoms with E-state index in [4.69, 9.17) is 9.84 Å². The zero-order valence-electron chi connectivity index (χ0n) is 7.90. The number of rotatable bonds is 5. The zero-order valence-corrected chi connectivity index (χ0v) is 7.90. The number of hydrogen-bond acceptors (Lipinski definition) is 3. The van der Waals surface area contributed by atoms with Crippen LogP contribution in [-0.2, 0) is 4.74 Å². The van der Waals surface area contributed by atoms with Crippen LogP contribution in [-0.4, -0.2) is 67.4 Å². The number of carbonyl (C=O) groups is 1. The Bertz CT molecular complexity index is 175. The lowest BCUT2D eigenvalue weighted by Gasteiger charge is -2.17. The van der Waals surface area contributed by atoms with Crippen molar-refractivity contribution in [1.82, 2.24) is 9.80 Å². The summed E-state index contributed by atoms with van der Waals surface area (Å²) in [5, 5.41) is 8.67. The van der Waals surface area contributed by atoms with Gasteiger partial charge in [0.2, 0.25) is 0 Å². The molecule has 0 aliphatic carbocycles. The largest absolute Gasteiger partial charge is 0.395 e. The third-order valence-electron chi connectivity index (χ3n) is 2.12. The van der Waals surface area contributed by atoms with Gasteiger partial charge in [-0.3, -0.25) is 0 Å². The molecule has 1 heterocycles. The van der Waals surface area contributed by atoms with Gasteiger partial charge >= 0.3 is 6.03 Å². The summed E-state index contributed by atoms with van der Waals surface area (Å²) < 4.78 is 4.89. The minimum Gasteiger partial charge on any atom is -0.395 e. The number of methoxy groups -OCH3 is 1. The van der Waals surface area contributed by atoms with Crippen LogP contribution >= 0.6 is 0 Å². The maximum atomic E-state index is 11.5. The van der Waals surface area contributed by atoms with E-state index in [0.29, 0.717) is 26.2 Å². The van der Waals surface area contributed by atoms with Crippen molar-refractivity contribution in [2.24, 2.45) is 0 Å². The lowest BCUT2D eigenvalue weighted by Crippen LogP contribution is -2.35. The van der Waals surface area contributed by atoms with Gasteiger partial charge in [0.25, 0.3) is 0 Å². The highest BCUT2D eigenvalue weighted by atomic mass is 16.5. The Morgan fingerprint density at radius 3 is 2.54 bits per heavy atom. The number of aliphatic hydroxyl groups is 1. The van der Waals surface area contributed by atoms with Crippen molar-refractivity contribution in [3.8, 4) is 0 Å². The fourth-order valence-electron chi connectivity index (χ4n) is 1.37. The molecule has 0 unspecified atom stereocenters. The van der Waals surface area contributed by atoms with Gasteiger partial charge in [-0.15, -0.1) is 0 Å². The van der Waals surface area contributed by atoms with Gasteiger partial charge in [0.15, 0.2) is 0 Å². The van der Waals surface area contributed by atoms with Crippen LogP contribution in [0, 0.1) is 0 Å². The molecule has 0 spiro atoms. The Morgan fingerprint density at radius 1 is 1.38 bits per heavy atom. The van der Waals surface area contributed by atoms with Crippen molar-refractivity contribution in [1.29, 1.82) is 0 Å². The molecule has 1 saturated heterocycles. The standard InChI is InChI=1S/C8H16N2O3/c1-13-7-5-10-3-2-9(4-6-11)8(10)12/h11H,2-7H2,1H3. The fraction of sp³-hybridized carbons (Fsp3) is 0.875. The van der Waals surface area contributed by atoms with Gasteiger partial charge < -0.3 is 19.6 Å². The van der Waals surface area contributed by atoms with Crippen molar-refractivity contribution in [3.63, 3.8) is 0 Å². The first kappa shape index (κ1) is 10.3.